The smallest absolute Gasteiger partial charge is 0.103 e. The second-order valence-electron chi connectivity index (χ2n) is 6.84. The van der Waals surface area contributed by atoms with E-state index in [9.17, 15) is 5.26 Å². The Balaban J connectivity index is 1.47. The predicted octanol–water partition coefficient (Wildman–Crippen LogP) is 4.23. The van der Waals surface area contributed by atoms with Crippen LogP contribution in [0.2, 0.25) is 5.02 Å². The zero-order valence-corrected chi connectivity index (χ0v) is 15.7. The molecule has 1 aliphatic heterocycles. The molecule has 0 amide bonds. The summed E-state index contributed by atoms with van der Waals surface area (Å²) >= 11 is 6.17. The normalized spacial score (nSPS) is 15.6. The molecule has 5 nitrogen and oxygen atoms in total. The molecule has 0 radical (unpaired) electrons. The topological polar surface area (TPSA) is 64.8 Å². The van der Waals surface area contributed by atoms with Gasteiger partial charge in [0.05, 0.1) is 22.5 Å². The summed E-state index contributed by atoms with van der Waals surface area (Å²) in [6, 6.07) is 14.2. The Labute approximate surface area is 163 Å². The van der Waals surface area contributed by atoms with Crippen LogP contribution in [0, 0.1) is 11.3 Å². The summed E-state index contributed by atoms with van der Waals surface area (Å²) in [5.41, 5.74) is 3.34. The number of rotatable bonds is 4. The van der Waals surface area contributed by atoms with Gasteiger partial charge in [0, 0.05) is 48.5 Å². The first-order valence-electron chi connectivity index (χ1n) is 9.10. The number of halogens is 1. The first-order valence-corrected chi connectivity index (χ1v) is 9.48. The number of nitrogens with one attached hydrogen (secondary N) is 1. The molecular formula is C21H20ClN5. The first kappa shape index (κ1) is 17.7. The van der Waals surface area contributed by atoms with Gasteiger partial charge in [0.1, 0.15) is 6.07 Å². The minimum atomic E-state index is 0.321. The van der Waals surface area contributed by atoms with Crippen molar-refractivity contribution in [2.45, 2.75) is 25.4 Å². The Morgan fingerprint density at radius 1 is 1.19 bits per heavy atom. The van der Waals surface area contributed by atoms with Crippen molar-refractivity contribution >= 4 is 28.2 Å². The van der Waals surface area contributed by atoms with E-state index in [1.807, 2.05) is 36.5 Å². The largest absolute Gasteiger partial charge is 0.381 e. The zero-order valence-electron chi connectivity index (χ0n) is 14.9. The summed E-state index contributed by atoms with van der Waals surface area (Å²) in [4.78, 5) is 11.2. The average molecular weight is 378 g/mol. The van der Waals surface area contributed by atoms with Crippen LogP contribution in [0.15, 0.2) is 48.8 Å². The van der Waals surface area contributed by atoms with Gasteiger partial charge in [0.25, 0.3) is 0 Å². The molecule has 1 N–H and O–H groups in total. The number of anilines is 1. The Hall–Kier alpha value is -2.68. The van der Waals surface area contributed by atoms with Crippen molar-refractivity contribution in [3.63, 3.8) is 0 Å². The van der Waals surface area contributed by atoms with E-state index in [2.05, 4.69) is 32.3 Å². The quantitative estimate of drug-likeness (QED) is 0.737. The van der Waals surface area contributed by atoms with Gasteiger partial charge in [-0.2, -0.15) is 5.26 Å². The highest BCUT2D eigenvalue weighted by molar-refractivity contribution is 6.31. The number of hydrogen-bond donors (Lipinski definition) is 1. The van der Waals surface area contributed by atoms with E-state index in [1.54, 1.807) is 6.20 Å². The van der Waals surface area contributed by atoms with Gasteiger partial charge in [-0.15, -0.1) is 0 Å². The van der Waals surface area contributed by atoms with Crippen LogP contribution in [0.4, 0.5) is 5.69 Å². The number of likely N-dealkylation sites (tertiary alicyclic amines) is 1. The maximum atomic E-state index is 9.50. The number of pyridine rings is 2. The van der Waals surface area contributed by atoms with Crippen LogP contribution >= 0.6 is 11.6 Å². The van der Waals surface area contributed by atoms with Crippen molar-refractivity contribution in [3.8, 4) is 6.07 Å². The molecule has 2 aromatic heterocycles. The van der Waals surface area contributed by atoms with E-state index in [4.69, 9.17) is 11.6 Å². The molecular weight excluding hydrogens is 358 g/mol. The van der Waals surface area contributed by atoms with Gasteiger partial charge >= 0.3 is 0 Å². The average Bonchev–Trinajstić information content (AvgIpc) is 2.70. The van der Waals surface area contributed by atoms with E-state index in [-0.39, 0.29) is 0 Å². The molecule has 0 saturated carbocycles. The highest BCUT2D eigenvalue weighted by atomic mass is 35.5. The lowest BCUT2D eigenvalue weighted by Gasteiger charge is -2.33. The van der Waals surface area contributed by atoms with Crippen LogP contribution in [-0.4, -0.2) is 34.0 Å². The molecule has 0 spiro atoms. The number of nitriles is 1. The second kappa shape index (κ2) is 7.91. The predicted molar refractivity (Wildman–Crippen MR) is 108 cm³/mol. The number of hydrogen-bond acceptors (Lipinski definition) is 5. The molecule has 0 unspecified atom stereocenters. The summed E-state index contributed by atoms with van der Waals surface area (Å²) in [6.07, 6.45) is 5.51. The zero-order chi connectivity index (χ0) is 18.6. The third-order valence-corrected chi connectivity index (χ3v) is 5.23. The first-order chi connectivity index (χ1) is 13.2. The van der Waals surface area contributed by atoms with Crippen molar-refractivity contribution in [2.24, 2.45) is 0 Å². The standard InChI is InChI=1S/C21H20ClN5/c22-16-4-5-20-19(11-16)21(15(12-23)13-25-20)26-17-6-9-27(10-7-17)14-18-3-1-2-8-24-18/h1-5,8,11,13,17H,6-7,9-10,14H2,(H,25,26). The van der Waals surface area contributed by atoms with Crippen LogP contribution in [-0.2, 0) is 6.54 Å². The van der Waals surface area contributed by atoms with Crippen LogP contribution in [0.5, 0.6) is 0 Å². The molecule has 4 rings (SSSR count). The van der Waals surface area contributed by atoms with Crippen LogP contribution in [0.25, 0.3) is 10.9 Å². The van der Waals surface area contributed by atoms with Gasteiger partial charge in [-0.25, -0.2) is 0 Å². The third kappa shape index (κ3) is 4.02. The lowest BCUT2D eigenvalue weighted by molar-refractivity contribution is 0.209. The van der Waals surface area contributed by atoms with Crippen molar-refractivity contribution < 1.29 is 0 Å². The lowest BCUT2D eigenvalue weighted by Crippen LogP contribution is -2.39. The summed E-state index contributed by atoms with van der Waals surface area (Å²) in [5.74, 6) is 0. The number of aromatic nitrogens is 2. The van der Waals surface area contributed by atoms with Gasteiger partial charge in [-0.3, -0.25) is 14.9 Å². The van der Waals surface area contributed by atoms with E-state index in [0.29, 0.717) is 16.6 Å². The molecule has 3 aromatic rings. The number of fused-ring (bicyclic) bond motifs is 1. The molecule has 6 heteroatoms. The highest BCUT2D eigenvalue weighted by Crippen LogP contribution is 2.30. The molecule has 1 fully saturated rings. The summed E-state index contributed by atoms with van der Waals surface area (Å²) in [5, 5.41) is 14.6. The Morgan fingerprint density at radius 3 is 2.78 bits per heavy atom. The monoisotopic (exact) mass is 377 g/mol. The van der Waals surface area contributed by atoms with Crippen molar-refractivity contribution in [3.05, 3.63) is 65.1 Å². The van der Waals surface area contributed by atoms with Gasteiger partial charge in [0.15, 0.2) is 0 Å². The molecule has 1 aliphatic rings. The molecule has 0 aliphatic carbocycles. The number of benzene rings is 1. The summed E-state index contributed by atoms with van der Waals surface area (Å²) < 4.78 is 0. The van der Waals surface area contributed by atoms with Crippen LogP contribution in [0.1, 0.15) is 24.1 Å². The second-order valence-corrected chi connectivity index (χ2v) is 7.27. The SMILES string of the molecule is N#Cc1cnc2ccc(Cl)cc2c1NC1CCN(Cc2ccccn2)CC1. The van der Waals surface area contributed by atoms with E-state index in [1.165, 1.54) is 0 Å². The molecule has 136 valence electrons. The van der Waals surface area contributed by atoms with Crippen molar-refractivity contribution in [1.29, 1.82) is 5.26 Å². The highest BCUT2D eigenvalue weighted by Gasteiger charge is 2.21. The van der Waals surface area contributed by atoms with Gasteiger partial charge in [0.2, 0.25) is 0 Å². The minimum Gasteiger partial charge on any atom is -0.381 e. The van der Waals surface area contributed by atoms with E-state index < -0.39 is 0 Å². The van der Waals surface area contributed by atoms with Crippen molar-refractivity contribution in [1.82, 2.24) is 14.9 Å². The maximum Gasteiger partial charge on any atom is 0.103 e. The molecule has 0 atom stereocenters. The molecule has 1 aromatic carbocycles. The van der Waals surface area contributed by atoms with E-state index >= 15 is 0 Å². The van der Waals surface area contributed by atoms with Crippen LogP contribution in [0.3, 0.4) is 0 Å². The molecule has 27 heavy (non-hydrogen) atoms. The molecule has 3 heterocycles. The van der Waals surface area contributed by atoms with E-state index in [0.717, 1.165) is 54.8 Å². The van der Waals surface area contributed by atoms with Crippen molar-refractivity contribution in [2.75, 3.05) is 18.4 Å². The van der Waals surface area contributed by atoms with Crippen LogP contribution < -0.4 is 5.32 Å². The molecule has 0 bridgehead atoms. The summed E-state index contributed by atoms with van der Waals surface area (Å²) in [7, 11) is 0. The minimum absolute atomic E-state index is 0.321. The van der Waals surface area contributed by atoms with Gasteiger partial charge < -0.3 is 5.32 Å². The lowest BCUT2D eigenvalue weighted by atomic mass is 10.0. The maximum absolute atomic E-state index is 9.50. The Morgan fingerprint density at radius 2 is 2.04 bits per heavy atom. The Kier molecular flexibility index (Phi) is 5.19. The summed E-state index contributed by atoms with van der Waals surface area (Å²) in [6.45, 7) is 2.88. The fraction of sp³-hybridized carbons (Fsp3) is 0.286. The number of piperidine rings is 1. The fourth-order valence-electron chi connectivity index (χ4n) is 3.57. The Bertz CT molecular complexity index is 975. The number of nitrogens with zero attached hydrogens (tertiary/aromatic N) is 4. The van der Waals surface area contributed by atoms with Gasteiger partial charge in [-0.1, -0.05) is 17.7 Å². The molecule has 1 saturated heterocycles. The van der Waals surface area contributed by atoms with Gasteiger partial charge in [-0.05, 0) is 43.2 Å². The third-order valence-electron chi connectivity index (χ3n) is 5.00. The fourth-order valence-corrected chi connectivity index (χ4v) is 3.74.